The van der Waals surface area contributed by atoms with Crippen molar-refractivity contribution in [3.05, 3.63) is 60.3 Å². The number of carbonyl (C=O) groups is 1. The van der Waals surface area contributed by atoms with E-state index in [2.05, 4.69) is 4.98 Å². The van der Waals surface area contributed by atoms with Crippen molar-refractivity contribution in [2.75, 3.05) is 0 Å². The van der Waals surface area contributed by atoms with Gasteiger partial charge in [-0.3, -0.25) is 0 Å². The van der Waals surface area contributed by atoms with Crippen LogP contribution in [0.4, 0.5) is 4.39 Å². The molecule has 4 nitrogen and oxygen atoms in total. The fourth-order valence-electron chi connectivity index (χ4n) is 1.95. The van der Waals surface area contributed by atoms with Gasteiger partial charge in [0, 0.05) is 23.5 Å². The van der Waals surface area contributed by atoms with E-state index in [9.17, 15) is 9.18 Å². The number of carboxylic acid groups (broad SMARTS) is 1. The molecule has 3 rings (SSSR count). The van der Waals surface area contributed by atoms with Crippen LogP contribution in [0.25, 0.3) is 16.8 Å². The van der Waals surface area contributed by atoms with Crippen molar-refractivity contribution >= 4 is 11.6 Å². The van der Waals surface area contributed by atoms with E-state index in [0.717, 1.165) is 0 Å². The number of hydrogen-bond acceptors (Lipinski definition) is 2. The van der Waals surface area contributed by atoms with Crippen molar-refractivity contribution in [2.24, 2.45) is 0 Å². The highest BCUT2D eigenvalue weighted by atomic mass is 19.1. The summed E-state index contributed by atoms with van der Waals surface area (Å²) in [6.07, 6.45) is 3.06. The Hall–Kier alpha value is -2.69. The lowest BCUT2D eigenvalue weighted by atomic mass is 10.1. The van der Waals surface area contributed by atoms with Gasteiger partial charge in [0.15, 0.2) is 5.69 Å². The third kappa shape index (κ3) is 1.95. The third-order valence-electron chi connectivity index (χ3n) is 2.86. The smallest absolute Gasteiger partial charge is 0.356 e. The van der Waals surface area contributed by atoms with Crippen molar-refractivity contribution in [1.82, 2.24) is 9.38 Å². The lowest BCUT2D eigenvalue weighted by molar-refractivity contribution is 0.0691. The summed E-state index contributed by atoms with van der Waals surface area (Å²) in [5.41, 5.74) is 1.61. The Balaban J connectivity index is 2.16. The van der Waals surface area contributed by atoms with Crippen LogP contribution in [0.2, 0.25) is 0 Å². The Bertz CT molecular complexity index is 780. The highest BCUT2D eigenvalue weighted by Crippen LogP contribution is 2.23. The number of aromatic carboxylic acids is 1. The third-order valence-corrected chi connectivity index (χ3v) is 2.86. The number of imidazole rings is 1. The average Bonchev–Trinajstić information content (AvgIpc) is 2.82. The summed E-state index contributed by atoms with van der Waals surface area (Å²) in [6.45, 7) is 0. The molecular weight excluding hydrogens is 247 g/mol. The van der Waals surface area contributed by atoms with E-state index >= 15 is 0 Å². The van der Waals surface area contributed by atoms with E-state index in [-0.39, 0.29) is 11.5 Å². The van der Waals surface area contributed by atoms with Gasteiger partial charge >= 0.3 is 5.97 Å². The monoisotopic (exact) mass is 256 g/mol. The number of hydrogen-bond donors (Lipinski definition) is 1. The second-order valence-corrected chi connectivity index (χ2v) is 4.09. The summed E-state index contributed by atoms with van der Waals surface area (Å²) in [4.78, 5) is 14.8. The molecule has 3 aromatic rings. The second-order valence-electron chi connectivity index (χ2n) is 4.09. The lowest BCUT2D eigenvalue weighted by Crippen LogP contribution is -1.94. The van der Waals surface area contributed by atoms with Crippen molar-refractivity contribution in [3.8, 4) is 11.1 Å². The molecule has 1 N–H and O–H groups in total. The van der Waals surface area contributed by atoms with Gasteiger partial charge in [0.05, 0.1) is 0 Å². The molecule has 19 heavy (non-hydrogen) atoms. The molecule has 0 aliphatic heterocycles. The lowest BCUT2D eigenvalue weighted by Gasteiger charge is -2.03. The van der Waals surface area contributed by atoms with E-state index < -0.39 is 5.97 Å². The molecule has 2 heterocycles. The Morgan fingerprint density at radius 1 is 1.16 bits per heavy atom. The molecule has 0 fully saturated rings. The Morgan fingerprint density at radius 2 is 1.95 bits per heavy atom. The molecule has 94 valence electrons. The summed E-state index contributed by atoms with van der Waals surface area (Å²) in [5, 5.41) is 8.88. The molecule has 0 atom stereocenters. The van der Waals surface area contributed by atoms with E-state index in [1.165, 1.54) is 12.3 Å². The number of carboxylic acids is 1. The highest BCUT2D eigenvalue weighted by molar-refractivity contribution is 5.86. The summed E-state index contributed by atoms with van der Waals surface area (Å²) in [7, 11) is 0. The van der Waals surface area contributed by atoms with Crippen LogP contribution in [0.5, 0.6) is 0 Å². The molecular formula is C14H9FN2O2. The maximum atomic E-state index is 13.7. The number of pyridine rings is 1. The molecule has 0 bridgehead atoms. The number of rotatable bonds is 2. The number of benzene rings is 1. The number of halogens is 1. The van der Waals surface area contributed by atoms with Gasteiger partial charge in [0.2, 0.25) is 0 Å². The number of aromatic nitrogens is 2. The predicted molar refractivity (Wildman–Crippen MR) is 67.5 cm³/mol. The normalized spacial score (nSPS) is 10.8. The molecule has 2 aromatic heterocycles. The molecule has 0 saturated carbocycles. The van der Waals surface area contributed by atoms with E-state index in [1.54, 1.807) is 40.9 Å². The summed E-state index contributed by atoms with van der Waals surface area (Å²) >= 11 is 0. The standard InChI is InChI=1S/C14H9FN2O2/c15-11-4-2-1-3-10(11)9-5-6-13-16-12(14(18)19)8-17(13)7-9/h1-8H,(H,18,19). The molecule has 0 aliphatic carbocycles. The van der Waals surface area contributed by atoms with Gasteiger partial charge in [0.25, 0.3) is 0 Å². The van der Waals surface area contributed by atoms with Crippen LogP contribution in [0.3, 0.4) is 0 Å². The molecule has 0 unspecified atom stereocenters. The van der Waals surface area contributed by atoms with Crippen molar-refractivity contribution in [1.29, 1.82) is 0 Å². The quantitative estimate of drug-likeness (QED) is 0.767. The molecule has 0 radical (unpaired) electrons. The van der Waals surface area contributed by atoms with Crippen LogP contribution in [-0.4, -0.2) is 20.5 Å². The van der Waals surface area contributed by atoms with E-state index in [0.29, 0.717) is 16.8 Å². The first kappa shape index (κ1) is 11.4. The number of fused-ring (bicyclic) bond motifs is 1. The van der Waals surface area contributed by atoms with Gasteiger partial charge < -0.3 is 9.51 Å². The van der Waals surface area contributed by atoms with Crippen molar-refractivity contribution < 1.29 is 14.3 Å². The zero-order chi connectivity index (χ0) is 13.4. The highest BCUT2D eigenvalue weighted by Gasteiger charge is 2.10. The zero-order valence-corrected chi connectivity index (χ0v) is 9.75. The van der Waals surface area contributed by atoms with Crippen LogP contribution in [0.15, 0.2) is 48.8 Å². The topological polar surface area (TPSA) is 54.6 Å². The van der Waals surface area contributed by atoms with Crippen LogP contribution >= 0.6 is 0 Å². The Kier molecular flexibility index (Phi) is 2.52. The average molecular weight is 256 g/mol. The van der Waals surface area contributed by atoms with Crippen molar-refractivity contribution in [2.45, 2.75) is 0 Å². The second kappa shape index (κ2) is 4.20. The minimum atomic E-state index is -1.09. The SMILES string of the molecule is O=C(O)c1cn2cc(-c3ccccc3F)ccc2n1. The number of nitrogens with zero attached hydrogens (tertiary/aromatic N) is 2. The fourth-order valence-corrected chi connectivity index (χ4v) is 1.95. The van der Waals surface area contributed by atoms with Gasteiger partial charge in [0.1, 0.15) is 11.5 Å². The van der Waals surface area contributed by atoms with Crippen molar-refractivity contribution in [3.63, 3.8) is 0 Å². The molecule has 0 aliphatic rings. The van der Waals surface area contributed by atoms with Crippen LogP contribution in [0.1, 0.15) is 10.5 Å². The fraction of sp³-hybridized carbons (Fsp3) is 0. The summed E-state index contributed by atoms with van der Waals surface area (Å²) < 4.78 is 15.3. The van der Waals surface area contributed by atoms with Gasteiger partial charge in [-0.05, 0) is 18.2 Å². The van der Waals surface area contributed by atoms with Crippen LogP contribution < -0.4 is 0 Å². The Morgan fingerprint density at radius 3 is 2.68 bits per heavy atom. The minimum Gasteiger partial charge on any atom is -0.476 e. The predicted octanol–water partition coefficient (Wildman–Crippen LogP) is 2.84. The summed E-state index contributed by atoms with van der Waals surface area (Å²) in [6, 6.07) is 9.80. The maximum absolute atomic E-state index is 13.7. The van der Waals surface area contributed by atoms with E-state index in [4.69, 9.17) is 5.11 Å². The first-order valence-corrected chi connectivity index (χ1v) is 5.62. The largest absolute Gasteiger partial charge is 0.476 e. The minimum absolute atomic E-state index is 0.0364. The summed E-state index contributed by atoms with van der Waals surface area (Å²) in [5.74, 6) is -1.41. The molecule has 0 amide bonds. The Labute approximate surface area is 107 Å². The van der Waals surface area contributed by atoms with Crippen LogP contribution in [-0.2, 0) is 0 Å². The van der Waals surface area contributed by atoms with E-state index in [1.807, 2.05) is 0 Å². The molecule has 5 heteroatoms. The van der Waals surface area contributed by atoms with Crippen LogP contribution in [0, 0.1) is 5.82 Å². The first-order chi connectivity index (χ1) is 9.15. The first-order valence-electron chi connectivity index (χ1n) is 5.62. The molecule has 0 spiro atoms. The molecule has 0 saturated heterocycles. The zero-order valence-electron chi connectivity index (χ0n) is 9.75. The molecule has 1 aromatic carbocycles. The van der Waals surface area contributed by atoms with Gasteiger partial charge in [-0.25, -0.2) is 14.2 Å². The van der Waals surface area contributed by atoms with Gasteiger partial charge in [-0.15, -0.1) is 0 Å². The van der Waals surface area contributed by atoms with Gasteiger partial charge in [-0.1, -0.05) is 18.2 Å². The maximum Gasteiger partial charge on any atom is 0.356 e. The van der Waals surface area contributed by atoms with Gasteiger partial charge in [-0.2, -0.15) is 0 Å².